The largest absolute Gasteiger partial charge is 0.461 e. The van der Waals surface area contributed by atoms with E-state index in [4.69, 9.17) is 12.6 Å². The molecule has 0 saturated heterocycles. The van der Waals surface area contributed by atoms with Crippen molar-refractivity contribution >= 4 is 13.8 Å². The Hall–Kier alpha value is -1.71. The molecule has 0 aromatic rings. The molecule has 4 heteroatoms. The number of hydrogen-bond acceptors (Lipinski definition) is 3. The van der Waals surface area contributed by atoms with E-state index >= 15 is 0 Å². The van der Waals surface area contributed by atoms with Gasteiger partial charge in [-0.15, -0.1) is 0 Å². The smallest absolute Gasteiger partial charge is 0.303 e. The Morgan fingerprint density at radius 1 is 1.37 bits per heavy atom. The minimum Gasteiger partial charge on any atom is -0.461 e. The summed E-state index contributed by atoms with van der Waals surface area (Å²) in [5.41, 5.74) is 1.65. The average Bonchev–Trinajstić information content (AvgIpc) is 2.42. The second-order valence-electron chi connectivity index (χ2n) is 4.37. The topological polar surface area (TPSA) is 38.3 Å². The van der Waals surface area contributed by atoms with Gasteiger partial charge >= 0.3 is 5.97 Å². The Labute approximate surface area is 117 Å². The van der Waals surface area contributed by atoms with E-state index < -0.39 is 11.3 Å². The van der Waals surface area contributed by atoms with Gasteiger partial charge in [-0.05, 0) is 24.1 Å². The van der Waals surface area contributed by atoms with Crippen molar-refractivity contribution in [1.82, 2.24) is 5.32 Å². The molecule has 102 valence electrons. The zero-order valence-corrected chi connectivity index (χ0v) is 12.0. The van der Waals surface area contributed by atoms with E-state index in [1.807, 2.05) is 19.1 Å². The van der Waals surface area contributed by atoms with E-state index in [1.165, 1.54) is 0 Å². The van der Waals surface area contributed by atoms with Crippen LogP contribution in [0.25, 0.3) is 0 Å². The van der Waals surface area contributed by atoms with Gasteiger partial charge in [-0.1, -0.05) is 39.2 Å². The van der Waals surface area contributed by atoms with Crippen molar-refractivity contribution in [3.63, 3.8) is 0 Å². The van der Waals surface area contributed by atoms with Gasteiger partial charge in [0.05, 0.1) is 7.85 Å². The van der Waals surface area contributed by atoms with E-state index in [1.54, 1.807) is 26.1 Å². The minimum absolute atomic E-state index is 0.153. The van der Waals surface area contributed by atoms with E-state index in [0.717, 1.165) is 11.3 Å². The maximum atomic E-state index is 11.7. The summed E-state index contributed by atoms with van der Waals surface area (Å²) in [6.07, 6.45) is 7.50. The van der Waals surface area contributed by atoms with Crippen molar-refractivity contribution in [2.75, 3.05) is 13.7 Å². The summed E-state index contributed by atoms with van der Waals surface area (Å²) in [4.78, 5) is 11.7. The third kappa shape index (κ3) is 6.14. The highest BCUT2D eigenvalue weighted by molar-refractivity contribution is 6.26. The van der Waals surface area contributed by atoms with Gasteiger partial charge < -0.3 is 10.1 Å². The van der Waals surface area contributed by atoms with Gasteiger partial charge in [0.1, 0.15) is 6.61 Å². The van der Waals surface area contributed by atoms with Gasteiger partial charge in [0.2, 0.25) is 0 Å². The first-order valence-electron chi connectivity index (χ1n) is 6.20. The summed E-state index contributed by atoms with van der Waals surface area (Å²) in [5, 5.41) is 2.02. The van der Waals surface area contributed by atoms with Crippen molar-refractivity contribution < 1.29 is 9.53 Å². The molecule has 1 atom stereocenters. The normalized spacial score (nSPS) is 15.3. The van der Waals surface area contributed by atoms with Gasteiger partial charge in [0, 0.05) is 18.1 Å². The Kier molecular flexibility index (Phi) is 7.65. The van der Waals surface area contributed by atoms with Crippen LogP contribution in [0.3, 0.4) is 0 Å². The summed E-state index contributed by atoms with van der Waals surface area (Å²) in [7, 11) is 7.60. The Morgan fingerprint density at radius 2 is 2.00 bits per heavy atom. The van der Waals surface area contributed by atoms with Crippen molar-refractivity contribution in [2.45, 2.75) is 25.6 Å². The van der Waals surface area contributed by atoms with E-state index in [-0.39, 0.29) is 6.61 Å². The Balaban J connectivity index is 4.64. The Morgan fingerprint density at radius 3 is 2.42 bits per heavy atom. The van der Waals surface area contributed by atoms with Crippen LogP contribution < -0.4 is 5.32 Å². The molecule has 0 aliphatic rings. The fourth-order valence-corrected chi connectivity index (χ4v) is 1.08. The molecule has 0 saturated carbocycles. The highest BCUT2D eigenvalue weighted by atomic mass is 16.5. The standard InChI is InChI=1S/C15H22BNO2/c1-6-12(9-10-13(7-2)17-5)11-19-14(18)15(4,16)8-3/h6-7,9-10,17H,1-2,8,11H2,3-5H3/b12-9+,13-10+. The van der Waals surface area contributed by atoms with E-state index in [9.17, 15) is 4.79 Å². The third-order valence-corrected chi connectivity index (χ3v) is 2.82. The number of likely N-dealkylation sites (N-methyl/N-ethyl adjacent to an activating group) is 1. The number of esters is 1. The van der Waals surface area contributed by atoms with Crippen LogP contribution in [0.4, 0.5) is 0 Å². The lowest BCUT2D eigenvalue weighted by molar-refractivity contribution is -0.145. The van der Waals surface area contributed by atoms with Crippen molar-refractivity contribution in [2.24, 2.45) is 0 Å². The third-order valence-electron chi connectivity index (χ3n) is 2.82. The molecule has 0 amide bonds. The van der Waals surface area contributed by atoms with Crippen LogP contribution in [0.5, 0.6) is 0 Å². The molecule has 19 heavy (non-hydrogen) atoms. The van der Waals surface area contributed by atoms with Crippen LogP contribution >= 0.6 is 0 Å². The van der Waals surface area contributed by atoms with E-state index in [0.29, 0.717) is 6.42 Å². The molecular formula is C15H22BNO2. The van der Waals surface area contributed by atoms with Gasteiger partial charge in [-0.25, -0.2) is 0 Å². The molecule has 0 heterocycles. The zero-order chi connectivity index (χ0) is 14.9. The first-order chi connectivity index (χ1) is 8.91. The van der Waals surface area contributed by atoms with Crippen LogP contribution in [-0.4, -0.2) is 27.5 Å². The van der Waals surface area contributed by atoms with Crippen molar-refractivity contribution in [3.8, 4) is 0 Å². The second kappa shape index (κ2) is 8.41. The Bertz CT molecular complexity index is 395. The number of carbonyl (C=O) groups excluding carboxylic acids is 1. The van der Waals surface area contributed by atoms with Gasteiger partial charge in [-0.3, -0.25) is 4.79 Å². The molecular weight excluding hydrogens is 237 g/mol. The summed E-state index contributed by atoms with van der Waals surface area (Å²) in [5.74, 6) is -0.413. The van der Waals surface area contributed by atoms with Crippen molar-refractivity contribution in [3.05, 3.63) is 48.7 Å². The minimum atomic E-state index is -0.945. The van der Waals surface area contributed by atoms with Crippen molar-refractivity contribution in [1.29, 1.82) is 0 Å². The molecule has 0 rings (SSSR count). The summed E-state index contributed by atoms with van der Waals surface area (Å²) < 4.78 is 5.17. The lowest BCUT2D eigenvalue weighted by Gasteiger charge is -2.20. The molecule has 0 bridgehead atoms. The molecule has 2 radical (unpaired) electrons. The van der Waals surface area contributed by atoms with Crippen LogP contribution in [0.15, 0.2) is 48.7 Å². The number of carbonyl (C=O) groups is 1. The lowest BCUT2D eigenvalue weighted by atomic mass is 9.69. The molecule has 0 spiro atoms. The number of rotatable bonds is 8. The van der Waals surface area contributed by atoms with Crippen LogP contribution in [0.1, 0.15) is 20.3 Å². The van der Waals surface area contributed by atoms with Gasteiger partial charge in [0.15, 0.2) is 0 Å². The molecule has 3 nitrogen and oxygen atoms in total. The summed E-state index contributed by atoms with van der Waals surface area (Å²) >= 11 is 0. The maximum Gasteiger partial charge on any atom is 0.303 e. The molecule has 1 N–H and O–H groups in total. The lowest BCUT2D eigenvalue weighted by Crippen LogP contribution is -2.23. The molecule has 0 aliphatic heterocycles. The van der Waals surface area contributed by atoms with Gasteiger partial charge in [0.25, 0.3) is 0 Å². The van der Waals surface area contributed by atoms with Gasteiger partial charge in [-0.2, -0.15) is 0 Å². The number of allylic oxidation sites excluding steroid dienone is 3. The molecule has 0 aromatic heterocycles. The fraction of sp³-hybridized carbons (Fsp3) is 0.400. The molecule has 1 unspecified atom stereocenters. The predicted molar refractivity (Wildman–Crippen MR) is 81.0 cm³/mol. The zero-order valence-electron chi connectivity index (χ0n) is 12.0. The molecule has 0 aliphatic carbocycles. The van der Waals surface area contributed by atoms with Crippen LogP contribution in [-0.2, 0) is 9.53 Å². The monoisotopic (exact) mass is 259 g/mol. The van der Waals surface area contributed by atoms with E-state index in [2.05, 4.69) is 18.5 Å². The SMILES string of the molecule is [B]C(C)(CC)C(=O)OC/C(C=C)=C/C=C(\C=C)NC. The number of ether oxygens (including phenoxy) is 1. The quantitative estimate of drug-likeness (QED) is 0.414. The fourth-order valence-electron chi connectivity index (χ4n) is 1.08. The second-order valence-corrected chi connectivity index (χ2v) is 4.37. The first kappa shape index (κ1) is 17.3. The highest BCUT2D eigenvalue weighted by Gasteiger charge is 2.26. The molecule has 0 aromatic carbocycles. The summed E-state index contributed by atoms with van der Waals surface area (Å²) in [6.45, 7) is 11.0. The van der Waals surface area contributed by atoms with Crippen LogP contribution in [0.2, 0.25) is 5.31 Å². The number of nitrogens with one attached hydrogen (secondary N) is 1. The van der Waals surface area contributed by atoms with Crippen LogP contribution in [0, 0.1) is 0 Å². The number of hydrogen-bond donors (Lipinski definition) is 1. The predicted octanol–water partition coefficient (Wildman–Crippen LogP) is 2.69. The first-order valence-corrected chi connectivity index (χ1v) is 6.20. The highest BCUT2D eigenvalue weighted by Crippen LogP contribution is 2.26. The summed E-state index contributed by atoms with van der Waals surface area (Å²) in [6, 6.07) is 0. The maximum absolute atomic E-state index is 11.7. The average molecular weight is 259 g/mol. The molecule has 0 fully saturated rings.